The fourth-order valence-corrected chi connectivity index (χ4v) is 1.57. The number of carbonyl (C=O) groups is 1. The molecule has 0 saturated heterocycles. The second-order valence-electron chi connectivity index (χ2n) is 4.60. The van der Waals surface area contributed by atoms with E-state index in [2.05, 4.69) is 0 Å². The van der Waals surface area contributed by atoms with Crippen molar-refractivity contribution in [1.82, 2.24) is 0 Å². The molecule has 0 fully saturated rings. The summed E-state index contributed by atoms with van der Waals surface area (Å²) in [7, 11) is 0. The summed E-state index contributed by atoms with van der Waals surface area (Å²) in [5.41, 5.74) is -0.291. The van der Waals surface area contributed by atoms with Crippen LogP contribution in [0.25, 0.3) is 0 Å². The molecule has 0 aliphatic heterocycles. The fourth-order valence-electron chi connectivity index (χ4n) is 1.57. The van der Waals surface area contributed by atoms with Crippen LogP contribution in [0.3, 0.4) is 0 Å². The number of carbonyl (C=O) groups excluding carboxylic acids is 1. The molecule has 1 N–H and O–H groups in total. The highest BCUT2D eigenvalue weighted by atomic mass is 16.5. The highest BCUT2D eigenvalue weighted by Crippen LogP contribution is 2.14. The maximum absolute atomic E-state index is 11.6. The highest BCUT2D eigenvalue weighted by molar-refractivity contribution is 5.89. The molecule has 0 aliphatic carbocycles. The summed E-state index contributed by atoms with van der Waals surface area (Å²) in [6.45, 7) is 5.17. The molecule has 0 saturated carbocycles. The van der Waals surface area contributed by atoms with Crippen molar-refractivity contribution in [3.63, 3.8) is 0 Å². The quantitative estimate of drug-likeness (QED) is 0.796. The Balaban J connectivity index is 2.53. The van der Waals surface area contributed by atoms with E-state index in [4.69, 9.17) is 4.74 Å². The van der Waals surface area contributed by atoms with Gasteiger partial charge in [-0.25, -0.2) is 4.79 Å². The molecule has 0 heterocycles. The van der Waals surface area contributed by atoms with Crippen LogP contribution in [0, 0.1) is 0 Å². The lowest BCUT2D eigenvalue weighted by Gasteiger charge is -2.22. The van der Waals surface area contributed by atoms with Gasteiger partial charge < -0.3 is 9.84 Å². The van der Waals surface area contributed by atoms with E-state index in [1.807, 2.05) is 6.07 Å². The summed E-state index contributed by atoms with van der Waals surface area (Å²) in [6.07, 6.45) is 0.124. The van der Waals surface area contributed by atoms with Gasteiger partial charge in [0, 0.05) is 6.42 Å². The van der Waals surface area contributed by atoms with Crippen LogP contribution in [-0.2, 0) is 4.74 Å². The number of esters is 1. The lowest BCUT2D eigenvalue weighted by molar-refractivity contribution is -0.00248. The van der Waals surface area contributed by atoms with Crippen molar-refractivity contribution in [3.8, 4) is 0 Å². The third-order valence-corrected chi connectivity index (χ3v) is 2.10. The minimum absolute atomic E-state index is 0.298. The minimum atomic E-state index is -0.823. The Labute approximate surface area is 96.1 Å². The number of rotatable bonds is 4. The van der Waals surface area contributed by atoms with Gasteiger partial charge in [-0.1, -0.05) is 18.2 Å². The lowest BCUT2D eigenvalue weighted by atomic mass is 10.0. The van der Waals surface area contributed by atoms with Crippen molar-refractivity contribution in [1.29, 1.82) is 0 Å². The van der Waals surface area contributed by atoms with Crippen LogP contribution < -0.4 is 0 Å². The second kappa shape index (κ2) is 5.12. The van der Waals surface area contributed by atoms with Crippen LogP contribution in [0.4, 0.5) is 0 Å². The molecular weight excluding hydrogens is 204 g/mol. The first-order valence-electron chi connectivity index (χ1n) is 5.37. The standard InChI is InChI=1S/C13H18O3/c1-10(9-13(2,3)15)16-12(14)11-7-5-4-6-8-11/h4-8,10,15H,9H2,1-3H3. The van der Waals surface area contributed by atoms with Crippen LogP contribution in [-0.4, -0.2) is 22.8 Å². The fraction of sp³-hybridized carbons (Fsp3) is 0.462. The monoisotopic (exact) mass is 222 g/mol. The molecule has 0 bridgehead atoms. The Hall–Kier alpha value is -1.35. The SMILES string of the molecule is CC(CC(C)(C)O)OC(=O)c1ccccc1. The van der Waals surface area contributed by atoms with E-state index >= 15 is 0 Å². The molecule has 0 aliphatic rings. The van der Waals surface area contributed by atoms with Gasteiger partial charge in [-0.3, -0.25) is 0 Å². The Morgan fingerprint density at radius 1 is 1.38 bits per heavy atom. The third-order valence-electron chi connectivity index (χ3n) is 2.10. The normalized spacial score (nSPS) is 13.2. The smallest absolute Gasteiger partial charge is 0.338 e. The van der Waals surface area contributed by atoms with Gasteiger partial charge in [-0.05, 0) is 32.9 Å². The molecule has 0 aromatic heterocycles. The van der Waals surface area contributed by atoms with E-state index in [0.717, 1.165) is 0 Å². The molecule has 3 heteroatoms. The van der Waals surface area contributed by atoms with Gasteiger partial charge in [-0.15, -0.1) is 0 Å². The maximum atomic E-state index is 11.6. The molecule has 1 aromatic carbocycles. The zero-order valence-corrected chi connectivity index (χ0v) is 9.93. The summed E-state index contributed by atoms with van der Waals surface area (Å²) in [5.74, 6) is -0.350. The van der Waals surface area contributed by atoms with Crippen LogP contribution >= 0.6 is 0 Å². The number of ether oxygens (including phenoxy) is 1. The predicted molar refractivity (Wildman–Crippen MR) is 62.2 cm³/mol. The molecule has 0 amide bonds. The summed E-state index contributed by atoms with van der Waals surface area (Å²) in [6, 6.07) is 8.84. The van der Waals surface area contributed by atoms with Gasteiger partial charge >= 0.3 is 5.97 Å². The predicted octanol–water partition coefficient (Wildman–Crippen LogP) is 2.39. The average Bonchev–Trinajstić information content (AvgIpc) is 2.16. The van der Waals surface area contributed by atoms with Crippen LogP contribution in [0.15, 0.2) is 30.3 Å². The second-order valence-corrected chi connectivity index (χ2v) is 4.60. The summed E-state index contributed by atoms with van der Waals surface area (Å²) in [5, 5.41) is 9.58. The molecule has 0 spiro atoms. The Kier molecular flexibility index (Phi) is 4.07. The van der Waals surface area contributed by atoms with Gasteiger partial charge in [0.25, 0.3) is 0 Å². The molecular formula is C13H18O3. The average molecular weight is 222 g/mol. The van der Waals surface area contributed by atoms with E-state index in [1.165, 1.54) is 0 Å². The van der Waals surface area contributed by atoms with Crippen LogP contribution in [0.2, 0.25) is 0 Å². The van der Waals surface area contributed by atoms with E-state index in [-0.39, 0.29) is 12.1 Å². The van der Waals surface area contributed by atoms with Crippen LogP contribution in [0.5, 0.6) is 0 Å². The highest BCUT2D eigenvalue weighted by Gasteiger charge is 2.20. The Bertz CT molecular complexity index is 338. The number of aliphatic hydroxyl groups is 1. The summed E-state index contributed by atoms with van der Waals surface area (Å²) >= 11 is 0. The van der Waals surface area contributed by atoms with Crippen molar-refractivity contribution < 1.29 is 14.6 Å². The summed E-state index contributed by atoms with van der Waals surface area (Å²) in [4.78, 5) is 11.6. The van der Waals surface area contributed by atoms with Crippen molar-refractivity contribution in [2.45, 2.75) is 38.9 Å². The van der Waals surface area contributed by atoms with Crippen molar-refractivity contribution in [2.24, 2.45) is 0 Å². The largest absolute Gasteiger partial charge is 0.459 e. The van der Waals surface area contributed by atoms with E-state index in [9.17, 15) is 9.90 Å². The number of hydrogen-bond donors (Lipinski definition) is 1. The molecule has 3 nitrogen and oxygen atoms in total. The first-order valence-corrected chi connectivity index (χ1v) is 5.37. The minimum Gasteiger partial charge on any atom is -0.459 e. The third kappa shape index (κ3) is 4.45. The van der Waals surface area contributed by atoms with Gasteiger partial charge in [0.15, 0.2) is 0 Å². The van der Waals surface area contributed by atoms with Crippen molar-refractivity contribution >= 4 is 5.97 Å². The molecule has 1 rings (SSSR count). The first kappa shape index (κ1) is 12.7. The topological polar surface area (TPSA) is 46.5 Å². The van der Waals surface area contributed by atoms with Crippen molar-refractivity contribution in [3.05, 3.63) is 35.9 Å². The Morgan fingerprint density at radius 3 is 2.44 bits per heavy atom. The lowest BCUT2D eigenvalue weighted by Crippen LogP contribution is -2.27. The maximum Gasteiger partial charge on any atom is 0.338 e. The molecule has 1 aromatic rings. The first-order chi connectivity index (χ1) is 7.38. The van der Waals surface area contributed by atoms with E-state index in [0.29, 0.717) is 12.0 Å². The van der Waals surface area contributed by atoms with Gasteiger partial charge in [0.1, 0.15) is 6.10 Å². The number of benzene rings is 1. The van der Waals surface area contributed by atoms with E-state index in [1.54, 1.807) is 45.0 Å². The molecule has 1 unspecified atom stereocenters. The summed E-state index contributed by atoms with van der Waals surface area (Å²) < 4.78 is 5.21. The molecule has 88 valence electrons. The van der Waals surface area contributed by atoms with Gasteiger partial charge in [0.05, 0.1) is 11.2 Å². The number of hydrogen-bond acceptors (Lipinski definition) is 3. The molecule has 1 atom stereocenters. The van der Waals surface area contributed by atoms with E-state index < -0.39 is 5.60 Å². The molecule has 0 radical (unpaired) electrons. The van der Waals surface area contributed by atoms with Crippen LogP contribution in [0.1, 0.15) is 37.6 Å². The Morgan fingerprint density at radius 2 is 1.94 bits per heavy atom. The van der Waals surface area contributed by atoms with Gasteiger partial charge in [-0.2, -0.15) is 0 Å². The zero-order valence-electron chi connectivity index (χ0n) is 9.93. The van der Waals surface area contributed by atoms with Crippen molar-refractivity contribution in [2.75, 3.05) is 0 Å². The van der Waals surface area contributed by atoms with Gasteiger partial charge in [0.2, 0.25) is 0 Å². The zero-order chi connectivity index (χ0) is 12.2. The molecule has 16 heavy (non-hydrogen) atoms.